The number of likely N-dealkylation sites (tertiary alicyclic amines) is 1. The van der Waals surface area contributed by atoms with E-state index in [0.717, 1.165) is 17.3 Å². The zero-order valence-electron chi connectivity index (χ0n) is 21.1. The molecule has 1 unspecified atom stereocenters. The van der Waals surface area contributed by atoms with Crippen LogP contribution in [0.15, 0.2) is 59.1 Å². The van der Waals surface area contributed by atoms with Gasteiger partial charge in [-0.1, -0.05) is 12.1 Å². The topological polar surface area (TPSA) is 156 Å². The van der Waals surface area contributed by atoms with Gasteiger partial charge in [0.15, 0.2) is 0 Å². The highest BCUT2D eigenvalue weighted by Crippen LogP contribution is 2.27. The zero-order valence-corrected chi connectivity index (χ0v) is 22.7. The van der Waals surface area contributed by atoms with Crippen LogP contribution in [0.25, 0.3) is 0 Å². The number of hydrogen-bond acceptors (Lipinski definition) is 7. The number of nitrogens with one attached hydrogen (secondary N) is 2. The number of carboxylic acid groups (broad SMARTS) is 1. The fourth-order valence-electron chi connectivity index (χ4n) is 4.26. The summed E-state index contributed by atoms with van der Waals surface area (Å²) < 4.78 is 11.9. The molecule has 1 aliphatic rings. The van der Waals surface area contributed by atoms with Gasteiger partial charge in [-0.2, -0.15) is 0 Å². The molecule has 3 amide bonds. The van der Waals surface area contributed by atoms with Crippen LogP contribution in [-0.4, -0.2) is 59.2 Å². The van der Waals surface area contributed by atoms with Crippen LogP contribution in [-0.2, 0) is 11.2 Å². The smallest absolute Gasteiger partial charge is 0.335 e. The number of amides is 3. The summed E-state index contributed by atoms with van der Waals surface area (Å²) in [6.45, 7) is 0.820. The SMILES string of the molecule is COc1nc(CC(=O)N2CCCC2COc2ccc(C(=O)O)cc2N)ccc1NC(=O)Nc1ccccc1Br. The molecule has 39 heavy (non-hydrogen) atoms. The monoisotopic (exact) mass is 597 g/mol. The van der Waals surface area contributed by atoms with E-state index in [1.54, 1.807) is 29.2 Å². The largest absolute Gasteiger partial charge is 0.489 e. The number of hydrogen-bond donors (Lipinski definition) is 4. The quantitative estimate of drug-likeness (QED) is 0.264. The highest BCUT2D eigenvalue weighted by molar-refractivity contribution is 9.10. The first-order valence-corrected chi connectivity index (χ1v) is 13.0. The number of aromatic nitrogens is 1. The number of methoxy groups -OCH3 is 1. The number of rotatable bonds is 9. The Morgan fingerprint density at radius 1 is 1.13 bits per heavy atom. The number of benzene rings is 2. The number of halogens is 1. The van der Waals surface area contributed by atoms with Crippen LogP contribution in [0.2, 0.25) is 0 Å². The predicted octanol–water partition coefficient (Wildman–Crippen LogP) is 4.39. The minimum atomic E-state index is -1.07. The average molecular weight is 598 g/mol. The van der Waals surface area contributed by atoms with Crippen molar-refractivity contribution in [1.29, 1.82) is 0 Å². The van der Waals surface area contributed by atoms with Gasteiger partial charge in [-0.15, -0.1) is 0 Å². The molecule has 1 fully saturated rings. The van der Waals surface area contributed by atoms with Crippen molar-refractivity contribution in [1.82, 2.24) is 9.88 Å². The van der Waals surface area contributed by atoms with Crippen molar-refractivity contribution >= 4 is 50.9 Å². The maximum atomic E-state index is 13.1. The van der Waals surface area contributed by atoms with E-state index in [-0.39, 0.29) is 42.1 Å². The lowest BCUT2D eigenvalue weighted by Gasteiger charge is -2.25. The molecule has 0 spiro atoms. The number of carbonyl (C=O) groups is 3. The normalized spacial score (nSPS) is 14.5. The second-order valence-corrected chi connectivity index (χ2v) is 9.70. The van der Waals surface area contributed by atoms with E-state index < -0.39 is 12.0 Å². The Balaban J connectivity index is 1.36. The molecular formula is C27H28BrN5O6. The van der Waals surface area contributed by atoms with Crippen LogP contribution < -0.4 is 25.8 Å². The number of anilines is 3. The lowest BCUT2D eigenvalue weighted by molar-refractivity contribution is -0.131. The second-order valence-electron chi connectivity index (χ2n) is 8.85. The van der Waals surface area contributed by atoms with Crippen LogP contribution in [0.5, 0.6) is 11.6 Å². The van der Waals surface area contributed by atoms with Gasteiger partial charge in [-0.3, -0.25) is 4.79 Å². The van der Waals surface area contributed by atoms with Gasteiger partial charge in [0.05, 0.1) is 42.2 Å². The molecule has 11 nitrogen and oxygen atoms in total. The number of aromatic carboxylic acids is 1. The van der Waals surface area contributed by atoms with Gasteiger partial charge >= 0.3 is 12.0 Å². The Morgan fingerprint density at radius 3 is 2.62 bits per heavy atom. The van der Waals surface area contributed by atoms with E-state index in [9.17, 15) is 14.4 Å². The van der Waals surface area contributed by atoms with Gasteiger partial charge in [0.2, 0.25) is 11.8 Å². The Labute approximate surface area is 233 Å². The van der Waals surface area contributed by atoms with E-state index in [0.29, 0.717) is 29.4 Å². The summed E-state index contributed by atoms with van der Waals surface area (Å²) in [7, 11) is 1.44. The summed E-state index contributed by atoms with van der Waals surface area (Å²) in [5, 5.41) is 14.6. The number of para-hydroxylation sites is 1. The molecule has 0 radical (unpaired) electrons. The van der Waals surface area contributed by atoms with Crippen molar-refractivity contribution < 1.29 is 29.0 Å². The number of ether oxygens (including phenoxy) is 2. The summed E-state index contributed by atoms with van der Waals surface area (Å²) in [5.74, 6) is -0.627. The molecule has 1 aliphatic heterocycles. The Kier molecular flexibility index (Phi) is 8.87. The maximum absolute atomic E-state index is 13.1. The zero-order chi connectivity index (χ0) is 27.9. The minimum absolute atomic E-state index is 0.0474. The molecule has 0 bridgehead atoms. The Bertz CT molecular complexity index is 1380. The van der Waals surface area contributed by atoms with Crippen LogP contribution in [0.4, 0.5) is 21.9 Å². The minimum Gasteiger partial charge on any atom is -0.489 e. The first-order valence-electron chi connectivity index (χ1n) is 12.2. The molecule has 0 saturated carbocycles. The molecule has 2 heterocycles. The van der Waals surface area contributed by atoms with Crippen LogP contribution in [0, 0.1) is 0 Å². The van der Waals surface area contributed by atoms with Gasteiger partial charge in [0.25, 0.3) is 0 Å². The van der Waals surface area contributed by atoms with Crippen molar-refractivity contribution in [3.05, 3.63) is 70.3 Å². The van der Waals surface area contributed by atoms with Crippen molar-refractivity contribution in [3.63, 3.8) is 0 Å². The lowest BCUT2D eigenvalue weighted by Crippen LogP contribution is -2.40. The fraction of sp³-hybridized carbons (Fsp3) is 0.259. The summed E-state index contributed by atoms with van der Waals surface area (Å²) in [6.07, 6.45) is 1.65. The molecule has 1 saturated heterocycles. The van der Waals surface area contributed by atoms with Crippen LogP contribution in [0.3, 0.4) is 0 Å². The van der Waals surface area contributed by atoms with Gasteiger partial charge in [-0.05, 0) is 71.2 Å². The van der Waals surface area contributed by atoms with Gasteiger partial charge in [0.1, 0.15) is 18.0 Å². The third kappa shape index (κ3) is 6.96. The number of nitrogens with two attached hydrogens (primary N) is 1. The highest BCUT2D eigenvalue weighted by atomic mass is 79.9. The fourth-order valence-corrected chi connectivity index (χ4v) is 4.64. The molecule has 3 aromatic rings. The van der Waals surface area contributed by atoms with Crippen LogP contribution in [0.1, 0.15) is 28.9 Å². The molecule has 2 aromatic carbocycles. The molecule has 12 heteroatoms. The van der Waals surface area contributed by atoms with E-state index >= 15 is 0 Å². The van der Waals surface area contributed by atoms with Gasteiger partial charge in [0, 0.05) is 11.0 Å². The van der Waals surface area contributed by atoms with Crippen molar-refractivity contribution in [2.75, 3.05) is 36.6 Å². The standard InChI is InChI=1S/C27H28BrN5O6/c1-38-25-22(32-27(37)31-21-7-3-2-6-19(21)28)10-9-17(30-25)14-24(34)33-12-4-5-18(33)15-39-23-11-8-16(26(35)36)13-20(23)29/h2-3,6-11,13,18H,4-5,12,14-15,29H2,1H3,(H,35,36)(H2,31,32,37). The summed E-state index contributed by atoms with van der Waals surface area (Å²) in [4.78, 5) is 42.9. The number of pyridine rings is 1. The average Bonchev–Trinajstić information content (AvgIpc) is 3.39. The number of nitrogen functional groups attached to an aromatic ring is 1. The number of nitrogens with zero attached hydrogens (tertiary/aromatic N) is 2. The molecule has 1 atom stereocenters. The lowest BCUT2D eigenvalue weighted by atomic mass is 10.2. The Morgan fingerprint density at radius 2 is 1.90 bits per heavy atom. The summed E-state index contributed by atoms with van der Waals surface area (Å²) in [6, 6.07) is 14.2. The van der Waals surface area contributed by atoms with Gasteiger partial charge in [-0.25, -0.2) is 14.6 Å². The molecular weight excluding hydrogens is 570 g/mol. The molecule has 204 valence electrons. The molecule has 4 rings (SSSR count). The summed E-state index contributed by atoms with van der Waals surface area (Å²) in [5.41, 5.74) is 7.69. The third-order valence-corrected chi connectivity index (χ3v) is 6.89. The predicted molar refractivity (Wildman–Crippen MR) is 149 cm³/mol. The van der Waals surface area contributed by atoms with E-state index in [2.05, 4.69) is 31.5 Å². The molecule has 1 aromatic heterocycles. The Hall–Kier alpha value is -4.32. The first kappa shape index (κ1) is 27.7. The van der Waals surface area contributed by atoms with E-state index in [1.165, 1.54) is 25.3 Å². The first-order chi connectivity index (χ1) is 18.7. The number of carboxylic acids is 1. The summed E-state index contributed by atoms with van der Waals surface area (Å²) >= 11 is 3.39. The second kappa shape index (κ2) is 12.5. The van der Waals surface area contributed by atoms with Crippen molar-refractivity contribution in [2.45, 2.75) is 25.3 Å². The van der Waals surface area contributed by atoms with Crippen molar-refractivity contribution in [2.24, 2.45) is 0 Å². The molecule has 0 aliphatic carbocycles. The van der Waals surface area contributed by atoms with Crippen LogP contribution >= 0.6 is 15.9 Å². The van der Waals surface area contributed by atoms with E-state index in [4.69, 9.17) is 20.3 Å². The number of urea groups is 1. The highest BCUT2D eigenvalue weighted by Gasteiger charge is 2.30. The maximum Gasteiger partial charge on any atom is 0.335 e. The van der Waals surface area contributed by atoms with Gasteiger partial charge < -0.3 is 35.8 Å². The molecule has 5 N–H and O–H groups in total. The van der Waals surface area contributed by atoms with Crippen molar-refractivity contribution in [3.8, 4) is 11.6 Å². The third-order valence-electron chi connectivity index (χ3n) is 6.20. The van der Waals surface area contributed by atoms with E-state index in [1.807, 2.05) is 12.1 Å². The number of carbonyl (C=O) groups excluding carboxylic acids is 2.